The standard InChI is InChI=1S/C7H9N7O3S/c1-3-5(14(16)17-13-3)6-9-7(12-11-6)18-2-4(15)10-8/h2,8H2,1H3,(H,10,15)(H,9,11,12). The predicted molar refractivity (Wildman–Crippen MR) is 58.6 cm³/mol. The Morgan fingerprint density at radius 1 is 1.72 bits per heavy atom. The number of aromatic nitrogens is 5. The van der Waals surface area contributed by atoms with Crippen LogP contribution in [-0.4, -0.2) is 32.0 Å². The van der Waals surface area contributed by atoms with E-state index in [-0.39, 0.29) is 28.1 Å². The Kier molecular flexibility index (Phi) is 3.43. The Morgan fingerprint density at radius 2 is 2.50 bits per heavy atom. The minimum atomic E-state index is -0.355. The first-order chi connectivity index (χ1) is 8.61. The van der Waals surface area contributed by atoms with Crippen molar-refractivity contribution in [3.63, 3.8) is 0 Å². The zero-order chi connectivity index (χ0) is 13.1. The van der Waals surface area contributed by atoms with Gasteiger partial charge in [0.25, 0.3) is 5.69 Å². The lowest BCUT2D eigenvalue weighted by molar-refractivity contribution is -0.793. The van der Waals surface area contributed by atoms with Crippen LogP contribution in [0.15, 0.2) is 9.79 Å². The average Bonchev–Trinajstić information content (AvgIpc) is 2.93. The number of aryl methyl sites for hydroxylation is 1. The first-order valence-corrected chi connectivity index (χ1v) is 5.71. The van der Waals surface area contributed by atoms with Crippen molar-refractivity contribution in [1.29, 1.82) is 0 Å². The number of hydrazine groups is 1. The van der Waals surface area contributed by atoms with Crippen molar-refractivity contribution < 1.29 is 14.3 Å². The molecule has 0 saturated heterocycles. The number of hydrogen-bond donors (Lipinski definition) is 3. The summed E-state index contributed by atoms with van der Waals surface area (Å²) in [7, 11) is 0. The van der Waals surface area contributed by atoms with Gasteiger partial charge < -0.3 is 5.21 Å². The SMILES string of the molecule is Cc1no[n+]([O-])c1-c1nc(SCC(=O)NN)n[nH]1. The lowest BCUT2D eigenvalue weighted by Gasteiger charge is -1.94. The fourth-order valence-electron chi connectivity index (χ4n) is 1.16. The maximum atomic E-state index is 11.3. The normalized spacial score (nSPS) is 10.6. The molecule has 0 unspecified atom stereocenters. The Bertz CT molecular complexity index is 546. The number of aromatic amines is 1. The second-order valence-corrected chi connectivity index (χ2v) is 4.13. The van der Waals surface area contributed by atoms with Crippen LogP contribution in [0.1, 0.15) is 5.69 Å². The molecule has 0 aliphatic carbocycles. The lowest BCUT2D eigenvalue weighted by atomic mass is 10.3. The molecule has 2 heterocycles. The summed E-state index contributed by atoms with van der Waals surface area (Å²) in [6.07, 6.45) is 0. The van der Waals surface area contributed by atoms with E-state index in [9.17, 15) is 10.0 Å². The van der Waals surface area contributed by atoms with E-state index in [4.69, 9.17) is 5.84 Å². The van der Waals surface area contributed by atoms with Gasteiger partial charge in [-0.25, -0.2) is 5.84 Å². The second-order valence-electron chi connectivity index (χ2n) is 3.19. The monoisotopic (exact) mass is 271 g/mol. The van der Waals surface area contributed by atoms with Crippen molar-refractivity contribution in [2.45, 2.75) is 12.1 Å². The van der Waals surface area contributed by atoms with E-state index in [1.54, 1.807) is 6.92 Å². The number of nitrogens with one attached hydrogen (secondary N) is 2. The van der Waals surface area contributed by atoms with Gasteiger partial charge in [-0.15, -0.1) is 5.10 Å². The summed E-state index contributed by atoms with van der Waals surface area (Å²) < 4.78 is 4.41. The van der Waals surface area contributed by atoms with E-state index in [0.29, 0.717) is 10.9 Å². The molecule has 0 atom stereocenters. The average molecular weight is 271 g/mol. The molecule has 18 heavy (non-hydrogen) atoms. The van der Waals surface area contributed by atoms with Crippen molar-refractivity contribution in [2.75, 3.05) is 5.75 Å². The summed E-state index contributed by atoms with van der Waals surface area (Å²) in [5.74, 6) is 4.88. The second kappa shape index (κ2) is 5.01. The van der Waals surface area contributed by atoms with Crippen molar-refractivity contribution in [1.82, 2.24) is 25.8 Å². The number of nitrogens with zero attached hydrogens (tertiary/aromatic N) is 4. The molecular weight excluding hydrogens is 262 g/mol. The molecule has 2 aromatic rings. The van der Waals surface area contributed by atoms with Gasteiger partial charge in [-0.05, 0) is 4.90 Å². The number of rotatable bonds is 4. The minimum absolute atomic E-state index is 0.0772. The van der Waals surface area contributed by atoms with Crippen LogP contribution in [0, 0.1) is 12.1 Å². The molecule has 0 fully saturated rings. The molecule has 0 aromatic carbocycles. The van der Waals surface area contributed by atoms with Gasteiger partial charge in [-0.2, -0.15) is 4.98 Å². The Labute approximate surface area is 104 Å². The van der Waals surface area contributed by atoms with E-state index in [0.717, 1.165) is 11.8 Å². The maximum absolute atomic E-state index is 11.3. The zero-order valence-electron chi connectivity index (χ0n) is 9.21. The number of nitrogens with two attached hydrogens (primary N) is 1. The minimum Gasteiger partial charge on any atom is -0.359 e. The van der Waals surface area contributed by atoms with Gasteiger partial charge >= 0.3 is 0 Å². The fourth-order valence-corrected chi connectivity index (χ4v) is 1.77. The van der Waals surface area contributed by atoms with Gasteiger partial charge in [0.2, 0.25) is 22.6 Å². The van der Waals surface area contributed by atoms with Crippen LogP contribution in [0.3, 0.4) is 0 Å². The quantitative estimate of drug-likeness (QED) is 0.199. The summed E-state index contributed by atoms with van der Waals surface area (Å²) in [5, 5.41) is 21.5. The molecule has 0 aliphatic heterocycles. The Hall–Kier alpha value is -2.14. The van der Waals surface area contributed by atoms with Gasteiger partial charge in [-0.1, -0.05) is 11.8 Å². The molecule has 0 radical (unpaired) electrons. The molecule has 0 bridgehead atoms. The molecule has 2 rings (SSSR count). The van der Waals surface area contributed by atoms with Gasteiger partial charge in [0.1, 0.15) is 0 Å². The Balaban J connectivity index is 2.13. The number of amides is 1. The molecule has 2 aromatic heterocycles. The van der Waals surface area contributed by atoms with Crippen LogP contribution in [0.4, 0.5) is 0 Å². The van der Waals surface area contributed by atoms with Crippen LogP contribution >= 0.6 is 11.8 Å². The fraction of sp³-hybridized carbons (Fsp3) is 0.286. The third kappa shape index (κ3) is 2.41. The summed E-state index contributed by atoms with van der Waals surface area (Å²) in [5.41, 5.74) is 2.52. The first kappa shape index (κ1) is 12.3. The van der Waals surface area contributed by atoms with Crippen molar-refractivity contribution in [3.05, 3.63) is 10.9 Å². The molecule has 96 valence electrons. The highest BCUT2D eigenvalue weighted by atomic mass is 32.2. The zero-order valence-corrected chi connectivity index (χ0v) is 10.0. The summed E-state index contributed by atoms with van der Waals surface area (Å²) >= 11 is 1.08. The van der Waals surface area contributed by atoms with Crippen molar-refractivity contribution in [2.24, 2.45) is 5.84 Å². The van der Waals surface area contributed by atoms with Crippen LogP contribution in [0.2, 0.25) is 0 Å². The van der Waals surface area contributed by atoms with Crippen molar-refractivity contribution in [3.8, 4) is 11.5 Å². The summed E-state index contributed by atoms with van der Waals surface area (Å²) in [4.78, 5) is 15.2. The topological polar surface area (TPSA) is 150 Å². The molecule has 0 saturated carbocycles. The van der Waals surface area contributed by atoms with E-state index in [2.05, 4.69) is 25.0 Å². The van der Waals surface area contributed by atoms with E-state index in [1.807, 2.05) is 5.43 Å². The number of carbonyl (C=O) groups is 1. The highest BCUT2D eigenvalue weighted by Gasteiger charge is 2.21. The van der Waals surface area contributed by atoms with Gasteiger partial charge in [0.15, 0.2) is 0 Å². The lowest BCUT2D eigenvalue weighted by Crippen LogP contribution is -2.31. The van der Waals surface area contributed by atoms with Crippen molar-refractivity contribution >= 4 is 17.7 Å². The number of H-pyrrole nitrogens is 1. The van der Waals surface area contributed by atoms with Gasteiger partial charge in [-0.3, -0.25) is 19.9 Å². The van der Waals surface area contributed by atoms with E-state index < -0.39 is 0 Å². The highest BCUT2D eigenvalue weighted by molar-refractivity contribution is 7.99. The smallest absolute Gasteiger partial charge is 0.265 e. The molecule has 0 spiro atoms. The van der Waals surface area contributed by atoms with E-state index >= 15 is 0 Å². The molecule has 1 amide bonds. The highest BCUT2D eigenvalue weighted by Crippen LogP contribution is 2.18. The summed E-state index contributed by atoms with van der Waals surface area (Å²) in [6, 6.07) is 0. The predicted octanol–water partition coefficient (Wildman–Crippen LogP) is -1.52. The van der Waals surface area contributed by atoms with Gasteiger partial charge in [0.05, 0.1) is 5.75 Å². The molecular formula is C7H9N7O3S. The molecule has 10 nitrogen and oxygen atoms in total. The third-order valence-corrected chi connectivity index (χ3v) is 2.81. The van der Waals surface area contributed by atoms with Gasteiger partial charge in [0, 0.05) is 12.1 Å². The van der Waals surface area contributed by atoms with Crippen LogP contribution in [-0.2, 0) is 4.79 Å². The summed E-state index contributed by atoms with van der Waals surface area (Å²) in [6.45, 7) is 1.60. The first-order valence-electron chi connectivity index (χ1n) is 4.73. The van der Waals surface area contributed by atoms with Crippen LogP contribution in [0.25, 0.3) is 11.5 Å². The molecule has 4 N–H and O–H groups in total. The Morgan fingerprint density at radius 3 is 3.11 bits per heavy atom. The largest absolute Gasteiger partial charge is 0.359 e. The van der Waals surface area contributed by atoms with Crippen LogP contribution in [0.5, 0.6) is 0 Å². The number of carbonyl (C=O) groups excluding carboxylic acids is 1. The van der Waals surface area contributed by atoms with E-state index in [1.165, 1.54) is 0 Å². The number of thioether (sulfide) groups is 1. The number of hydrogen-bond acceptors (Lipinski definition) is 8. The van der Waals surface area contributed by atoms with Crippen LogP contribution < -0.4 is 16.2 Å². The maximum Gasteiger partial charge on any atom is 0.265 e. The third-order valence-electron chi connectivity index (χ3n) is 1.96. The molecule has 11 heteroatoms. The molecule has 0 aliphatic rings.